The Morgan fingerprint density at radius 3 is 2.86 bits per heavy atom. The highest BCUT2D eigenvalue weighted by atomic mass is 19.4. The Kier molecular flexibility index (Phi) is 4.30. The van der Waals surface area contributed by atoms with Crippen LogP contribution in [0.3, 0.4) is 0 Å². The van der Waals surface area contributed by atoms with Gasteiger partial charge in [-0.1, -0.05) is 0 Å². The lowest BCUT2D eigenvalue weighted by atomic mass is 9.92. The van der Waals surface area contributed by atoms with Gasteiger partial charge in [0.2, 0.25) is 5.82 Å². The summed E-state index contributed by atoms with van der Waals surface area (Å²) in [5, 5.41) is 2.69. The number of carbonyl (C=O) groups excluding carboxylic acids is 1. The summed E-state index contributed by atoms with van der Waals surface area (Å²) >= 11 is 0. The van der Waals surface area contributed by atoms with E-state index in [1.165, 1.54) is 25.6 Å². The van der Waals surface area contributed by atoms with Gasteiger partial charge in [0.1, 0.15) is 5.52 Å². The number of anilines is 1. The Bertz CT molecular complexity index is 1080. The van der Waals surface area contributed by atoms with Crippen molar-refractivity contribution in [1.29, 1.82) is 0 Å². The SMILES string of the molecule is Cn1c(C(F)(F)F)nc2cncc(C(=O)Nc3cnc4c(c3)CC(N)CC4)c21. The maximum Gasteiger partial charge on any atom is 0.449 e. The van der Waals surface area contributed by atoms with Crippen molar-refractivity contribution in [2.75, 3.05) is 5.32 Å². The van der Waals surface area contributed by atoms with Crippen molar-refractivity contribution < 1.29 is 18.0 Å². The summed E-state index contributed by atoms with van der Waals surface area (Å²) < 4.78 is 40.3. The molecule has 0 spiro atoms. The molecule has 7 nitrogen and oxygen atoms in total. The minimum Gasteiger partial charge on any atom is -0.327 e. The first-order valence-electron chi connectivity index (χ1n) is 8.66. The summed E-state index contributed by atoms with van der Waals surface area (Å²) in [4.78, 5) is 24.5. The third-order valence-electron chi connectivity index (χ3n) is 4.83. The van der Waals surface area contributed by atoms with Crippen LogP contribution in [0.1, 0.15) is 33.9 Å². The third-order valence-corrected chi connectivity index (χ3v) is 4.83. The molecule has 1 unspecified atom stereocenters. The summed E-state index contributed by atoms with van der Waals surface area (Å²) in [6, 6.07) is 1.85. The van der Waals surface area contributed by atoms with Crippen LogP contribution in [0.2, 0.25) is 0 Å². The normalized spacial score (nSPS) is 16.8. The van der Waals surface area contributed by atoms with Gasteiger partial charge >= 0.3 is 6.18 Å². The molecule has 0 aliphatic heterocycles. The number of pyridine rings is 2. The number of nitrogens with two attached hydrogens (primary N) is 1. The molecule has 3 aromatic heterocycles. The van der Waals surface area contributed by atoms with E-state index in [-0.39, 0.29) is 22.6 Å². The highest BCUT2D eigenvalue weighted by molar-refractivity contribution is 6.11. The predicted molar refractivity (Wildman–Crippen MR) is 95.7 cm³/mol. The van der Waals surface area contributed by atoms with Crippen molar-refractivity contribution in [1.82, 2.24) is 19.5 Å². The molecule has 28 heavy (non-hydrogen) atoms. The van der Waals surface area contributed by atoms with Gasteiger partial charge in [0.25, 0.3) is 5.91 Å². The standard InChI is InChI=1S/C18H17F3N6O/c1-27-15-12(7-23-8-14(15)26-17(27)18(19,20)21)16(28)25-11-5-9-4-10(22)2-3-13(9)24-6-11/h5-8,10H,2-4,22H2,1H3,(H,25,28). The van der Waals surface area contributed by atoms with Crippen molar-refractivity contribution in [3.8, 4) is 0 Å². The van der Waals surface area contributed by atoms with Crippen molar-refractivity contribution >= 4 is 22.6 Å². The number of hydrogen-bond donors (Lipinski definition) is 2. The maximum atomic E-state index is 13.1. The van der Waals surface area contributed by atoms with Gasteiger partial charge in [-0.15, -0.1) is 0 Å². The highest BCUT2D eigenvalue weighted by Crippen LogP contribution is 2.31. The average molecular weight is 390 g/mol. The molecule has 0 radical (unpaired) electrons. The quantitative estimate of drug-likeness (QED) is 0.700. The predicted octanol–water partition coefficient (Wildman–Crippen LogP) is 2.45. The monoisotopic (exact) mass is 390 g/mol. The van der Waals surface area contributed by atoms with E-state index in [0.29, 0.717) is 12.1 Å². The Labute approximate surface area is 157 Å². The second kappa shape index (κ2) is 6.55. The molecule has 0 saturated carbocycles. The highest BCUT2D eigenvalue weighted by Gasteiger charge is 2.37. The summed E-state index contributed by atoms with van der Waals surface area (Å²) in [5.41, 5.74) is 8.41. The lowest BCUT2D eigenvalue weighted by Crippen LogP contribution is -2.28. The van der Waals surface area contributed by atoms with Gasteiger partial charge in [0.15, 0.2) is 0 Å². The van der Waals surface area contributed by atoms with Gasteiger partial charge in [0, 0.05) is 25.0 Å². The number of rotatable bonds is 2. The first kappa shape index (κ1) is 18.4. The number of fused-ring (bicyclic) bond motifs is 2. The van der Waals surface area contributed by atoms with Crippen LogP contribution in [0.5, 0.6) is 0 Å². The van der Waals surface area contributed by atoms with E-state index in [0.717, 1.165) is 28.7 Å². The summed E-state index contributed by atoms with van der Waals surface area (Å²) in [6.07, 6.45) is 1.63. The van der Waals surface area contributed by atoms with Crippen LogP contribution >= 0.6 is 0 Å². The second-order valence-electron chi connectivity index (χ2n) is 6.83. The number of halogens is 3. The van der Waals surface area contributed by atoms with Crippen LogP contribution in [0.4, 0.5) is 18.9 Å². The molecule has 1 atom stereocenters. The molecule has 146 valence electrons. The number of hydrogen-bond acceptors (Lipinski definition) is 5. The number of nitrogens with zero attached hydrogens (tertiary/aromatic N) is 4. The average Bonchev–Trinajstić information content (AvgIpc) is 2.98. The molecule has 0 bridgehead atoms. The van der Waals surface area contributed by atoms with Gasteiger partial charge in [0.05, 0.1) is 29.2 Å². The number of alkyl halides is 3. The number of imidazole rings is 1. The van der Waals surface area contributed by atoms with Gasteiger partial charge in [-0.05, 0) is 30.9 Å². The van der Waals surface area contributed by atoms with Gasteiger partial charge in [-0.2, -0.15) is 13.2 Å². The zero-order valence-electron chi connectivity index (χ0n) is 14.9. The number of carbonyl (C=O) groups is 1. The topological polar surface area (TPSA) is 98.7 Å². The van der Waals surface area contributed by atoms with Crippen LogP contribution in [0.15, 0.2) is 24.7 Å². The van der Waals surface area contributed by atoms with Crippen molar-refractivity contribution in [2.24, 2.45) is 12.8 Å². The minimum absolute atomic E-state index is 0.00239. The Morgan fingerprint density at radius 1 is 1.32 bits per heavy atom. The fourth-order valence-electron chi connectivity index (χ4n) is 3.51. The summed E-state index contributed by atoms with van der Waals surface area (Å²) in [6.45, 7) is 0. The van der Waals surface area contributed by atoms with E-state index in [4.69, 9.17) is 5.73 Å². The molecule has 3 aromatic rings. The Morgan fingerprint density at radius 2 is 2.11 bits per heavy atom. The number of nitrogens with one attached hydrogen (secondary N) is 1. The van der Waals surface area contributed by atoms with Crippen molar-refractivity contribution in [2.45, 2.75) is 31.5 Å². The van der Waals surface area contributed by atoms with E-state index in [9.17, 15) is 18.0 Å². The van der Waals surface area contributed by atoms with Crippen molar-refractivity contribution in [3.63, 3.8) is 0 Å². The molecular weight excluding hydrogens is 373 g/mol. The number of aryl methyl sites for hydroxylation is 2. The molecule has 10 heteroatoms. The van der Waals surface area contributed by atoms with Gasteiger partial charge in [-0.25, -0.2) is 4.98 Å². The summed E-state index contributed by atoms with van der Waals surface area (Å²) in [5.74, 6) is -1.68. The maximum absolute atomic E-state index is 13.1. The minimum atomic E-state index is -4.64. The second-order valence-corrected chi connectivity index (χ2v) is 6.83. The molecular formula is C18H17F3N6O. The van der Waals surface area contributed by atoms with Crippen molar-refractivity contribution in [3.05, 3.63) is 47.3 Å². The van der Waals surface area contributed by atoms with Crippen LogP contribution in [-0.2, 0) is 26.1 Å². The smallest absolute Gasteiger partial charge is 0.327 e. The molecule has 0 aromatic carbocycles. The summed E-state index contributed by atoms with van der Waals surface area (Å²) in [7, 11) is 1.22. The van der Waals surface area contributed by atoms with Gasteiger partial charge < -0.3 is 15.6 Å². The molecule has 1 amide bonds. The first-order chi connectivity index (χ1) is 13.2. The van der Waals surface area contributed by atoms with Gasteiger partial charge in [-0.3, -0.25) is 14.8 Å². The van der Waals surface area contributed by atoms with E-state index in [1.807, 2.05) is 0 Å². The lowest BCUT2D eigenvalue weighted by Gasteiger charge is -2.21. The molecule has 1 aliphatic carbocycles. The first-order valence-corrected chi connectivity index (χ1v) is 8.66. The van der Waals surface area contributed by atoms with Crippen LogP contribution in [0.25, 0.3) is 11.0 Å². The number of amides is 1. The Hall–Kier alpha value is -3.01. The zero-order valence-corrected chi connectivity index (χ0v) is 14.9. The van der Waals surface area contributed by atoms with Crippen LogP contribution < -0.4 is 11.1 Å². The van der Waals surface area contributed by atoms with E-state index >= 15 is 0 Å². The third kappa shape index (κ3) is 3.19. The van der Waals surface area contributed by atoms with E-state index in [2.05, 4.69) is 20.3 Å². The fraction of sp³-hybridized carbons (Fsp3) is 0.333. The van der Waals surface area contributed by atoms with E-state index < -0.39 is 17.9 Å². The molecule has 3 N–H and O–H groups in total. The number of aromatic nitrogens is 4. The Balaban J connectivity index is 1.68. The lowest BCUT2D eigenvalue weighted by molar-refractivity contribution is -0.146. The largest absolute Gasteiger partial charge is 0.449 e. The van der Waals surface area contributed by atoms with E-state index in [1.54, 1.807) is 6.07 Å². The molecule has 4 rings (SSSR count). The fourth-order valence-corrected chi connectivity index (χ4v) is 3.51. The molecule has 0 saturated heterocycles. The molecule has 0 fully saturated rings. The van der Waals surface area contributed by atoms with Crippen LogP contribution in [0, 0.1) is 0 Å². The zero-order chi connectivity index (χ0) is 20.1. The molecule has 1 aliphatic rings. The molecule has 3 heterocycles. The van der Waals surface area contributed by atoms with Crippen LogP contribution in [-0.4, -0.2) is 31.5 Å².